The molecule has 152 valence electrons. The van der Waals surface area contributed by atoms with Crippen LogP contribution in [0.5, 0.6) is 0 Å². The highest BCUT2D eigenvalue weighted by molar-refractivity contribution is 5.32. The molecule has 1 aromatic carbocycles. The van der Waals surface area contributed by atoms with Gasteiger partial charge in [-0.1, -0.05) is 24.6 Å². The third-order valence-electron chi connectivity index (χ3n) is 6.02. The Hall–Kier alpha value is -2.51. The van der Waals surface area contributed by atoms with Gasteiger partial charge in [-0.2, -0.15) is 0 Å². The number of para-hydroxylation sites is 1. The fourth-order valence-corrected chi connectivity index (χ4v) is 4.41. The molecule has 2 aromatic heterocycles. The van der Waals surface area contributed by atoms with Gasteiger partial charge in [0.25, 0.3) is 0 Å². The SMILES string of the molecule is c1ccc(-n2ccnc2CN2CCCC[C@@H]2c2nnc(C3CCOCC3)o2)cc1. The van der Waals surface area contributed by atoms with Crippen LogP contribution >= 0.6 is 0 Å². The summed E-state index contributed by atoms with van der Waals surface area (Å²) >= 11 is 0. The number of likely N-dealkylation sites (tertiary alicyclic amines) is 1. The molecule has 0 unspecified atom stereocenters. The van der Waals surface area contributed by atoms with Gasteiger partial charge < -0.3 is 13.7 Å². The van der Waals surface area contributed by atoms with Gasteiger partial charge in [-0.3, -0.25) is 4.90 Å². The second-order valence-electron chi connectivity index (χ2n) is 7.90. The maximum atomic E-state index is 6.18. The van der Waals surface area contributed by atoms with Crippen LogP contribution in [0.4, 0.5) is 0 Å². The zero-order valence-corrected chi connectivity index (χ0v) is 16.6. The lowest BCUT2D eigenvalue weighted by Crippen LogP contribution is -2.34. The molecular weight excluding hydrogens is 366 g/mol. The molecule has 0 aliphatic carbocycles. The minimum absolute atomic E-state index is 0.158. The third kappa shape index (κ3) is 3.97. The zero-order chi connectivity index (χ0) is 19.5. The smallest absolute Gasteiger partial charge is 0.233 e. The van der Waals surface area contributed by atoms with Crippen molar-refractivity contribution in [2.45, 2.75) is 50.6 Å². The highest BCUT2D eigenvalue weighted by Crippen LogP contribution is 2.34. The van der Waals surface area contributed by atoms with Crippen molar-refractivity contribution in [3.05, 3.63) is 60.3 Å². The Morgan fingerprint density at radius 2 is 1.79 bits per heavy atom. The average molecular weight is 393 g/mol. The van der Waals surface area contributed by atoms with Crippen LogP contribution in [-0.2, 0) is 11.3 Å². The Kier molecular flexibility index (Phi) is 5.41. The standard InChI is InChI=1S/C22H27N5O2/c1-2-6-18(7-3-1)27-13-11-23-20(27)16-26-12-5-4-8-19(26)22-25-24-21(29-22)17-9-14-28-15-10-17/h1-3,6-7,11,13,17,19H,4-5,8-10,12,14-16H2/t19-/m1/s1. The van der Waals surface area contributed by atoms with E-state index in [9.17, 15) is 0 Å². The molecular formula is C22H27N5O2. The first-order valence-electron chi connectivity index (χ1n) is 10.6. The molecule has 0 amide bonds. The molecule has 2 aliphatic rings. The van der Waals surface area contributed by atoms with E-state index in [0.717, 1.165) is 68.9 Å². The van der Waals surface area contributed by atoms with Crippen molar-refractivity contribution < 1.29 is 9.15 Å². The van der Waals surface area contributed by atoms with Crippen LogP contribution in [0.3, 0.4) is 0 Å². The molecule has 2 aliphatic heterocycles. The first-order valence-corrected chi connectivity index (χ1v) is 10.6. The van der Waals surface area contributed by atoms with E-state index in [2.05, 4.69) is 48.9 Å². The summed E-state index contributed by atoms with van der Waals surface area (Å²) in [5.41, 5.74) is 1.13. The summed E-state index contributed by atoms with van der Waals surface area (Å²) in [6.45, 7) is 3.34. The highest BCUT2D eigenvalue weighted by atomic mass is 16.5. The van der Waals surface area contributed by atoms with Crippen LogP contribution in [-0.4, -0.2) is 44.4 Å². The van der Waals surface area contributed by atoms with Crippen LogP contribution in [0.15, 0.2) is 47.1 Å². The van der Waals surface area contributed by atoms with E-state index >= 15 is 0 Å². The maximum Gasteiger partial charge on any atom is 0.233 e. The molecule has 2 saturated heterocycles. The predicted molar refractivity (Wildman–Crippen MR) is 108 cm³/mol. The Morgan fingerprint density at radius 1 is 0.966 bits per heavy atom. The van der Waals surface area contributed by atoms with Gasteiger partial charge in [0, 0.05) is 37.2 Å². The minimum atomic E-state index is 0.158. The summed E-state index contributed by atoms with van der Waals surface area (Å²) in [6, 6.07) is 10.5. The summed E-state index contributed by atoms with van der Waals surface area (Å²) in [4.78, 5) is 7.07. The number of piperidine rings is 1. The maximum absolute atomic E-state index is 6.18. The van der Waals surface area contributed by atoms with Gasteiger partial charge in [-0.15, -0.1) is 10.2 Å². The first-order chi connectivity index (χ1) is 14.4. The number of ether oxygens (including phenoxy) is 1. The predicted octanol–water partition coefficient (Wildman–Crippen LogP) is 3.88. The zero-order valence-electron chi connectivity index (χ0n) is 16.6. The summed E-state index contributed by atoms with van der Waals surface area (Å²) in [5, 5.41) is 8.84. The van der Waals surface area contributed by atoms with Crippen LogP contribution in [0, 0.1) is 0 Å². The molecule has 0 radical (unpaired) electrons. The van der Waals surface area contributed by atoms with Crippen molar-refractivity contribution in [3.8, 4) is 5.69 Å². The van der Waals surface area contributed by atoms with Gasteiger partial charge >= 0.3 is 0 Å². The highest BCUT2D eigenvalue weighted by Gasteiger charge is 2.31. The summed E-state index contributed by atoms with van der Waals surface area (Å²) in [7, 11) is 0. The molecule has 5 rings (SSSR count). The first kappa shape index (κ1) is 18.5. The Balaban J connectivity index is 1.35. The van der Waals surface area contributed by atoms with Crippen molar-refractivity contribution >= 4 is 0 Å². The van der Waals surface area contributed by atoms with E-state index in [1.165, 1.54) is 12.8 Å². The van der Waals surface area contributed by atoms with Crippen molar-refractivity contribution in [1.29, 1.82) is 0 Å². The fraction of sp³-hybridized carbons (Fsp3) is 0.500. The average Bonchev–Trinajstić information content (AvgIpc) is 3.45. The lowest BCUT2D eigenvalue weighted by molar-refractivity contribution is 0.0766. The molecule has 29 heavy (non-hydrogen) atoms. The lowest BCUT2D eigenvalue weighted by atomic mass is 10.0. The van der Waals surface area contributed by atoms with Gasteiger partial charge in [0.1, 0.15) is 5.82 Å². The summed E-state index contributed by atoms with van der Waals surface area (Å²) in [5.74, 6) is 2.90. The largest absolute Gasteiger partial charge is 0.423 e. The van der Waals surface area contributed by atoms with Crippen LogP contribution in [0.25, 0.3) is 5.69 Å². The molecule has 0 spiro atoms. The van der Waals surface area contributed by atoms with E-state index in [1.54, 1.807) is 0 Å². The monoisotopic (exact) mass is 393 g/mol. The van der Waals surface area contributed by atoms with E-state index in [-0.39, 0.29) is 6.04 Å². The molecule has 0 saturated carbocycles. The number of benzene rings is 1. The minimum Gasteiger partial charge on any atom is -0.423 e. The molecule has 0 bridgehead atoms. The molecule has 7 nitrogen and oxygen atoms in total. The van der Waals surface area contributed by atoms with Gasteiger partial charge in [0.05, 0.1) is 12.6 Å². The number of hydrogen-bond donors (Lipinski definition) is 0. The molecule has 7 heteroatoms. The number of aromatic nitrogens is 4. The van der Waals surface area contributed by atoms with E-state index in [4.69, 9.17) is 9.15 Å². The van der Waals surface area contributed by atoms with Crippen LogP contribution in [0.2, 0.25) is 0 Å². The van der Waals surface area contributed by atoms with Crippen LogP contribution < -0.4 is 0 Å². The molecule has 0 N–H and O–H groups in total. The van der Waals surface area contributed by atoms with Crippen LogP contribution in [0.1, 0.15) is 61.7 Å². The number of rotatable bonds is 5. The van der Waals surface area contributed by atoms with Gasteiger partial charge in [0.15, 0.2) is 0 Å². The number of hydrogen-bond acceptors (Lipinski definition) is 6. The Morgan fingerprint density at radius 3 is 2.66 bits per heavy atom. The lowest BCUT2D eigenvalue weighted by Gasteiger charge is -2.33. The van der Waals surface area contributed by atoms with Crippen molar-refractivity contribution in [2.24, 2.45) is 0 Å². The molecule has 4 heterocycles. The van der Waals surface area contributed by atoms with E-state index in [0.29, 0.717) is 5.92 Å². The Bertz CT molecular complexity index is 916. The van der Waals surface area contributed by atoms with Crippen molar-refractivity contribution in [1.82, 2.24) is 24.6 Å². The fourth-order valence-electron chi connectivity index (χ4n) is 4.41. The molecule has 3 aromatic rings. The Labute approximate surface area is 170 Å². The van der Waals surface area contributed by atoms with Gasteiger partial charge in [0.2, 0.25) is 11.8 Å². The number of imidazole rings is 1. The van der Waals surface area contributed by atoms with Crippen molar-refractivity contribution in [3.63, 3.8) is 0 Å². The normalized spacial score (nSPS) is 21.4. The van der Waals surface area contributed by atoms with Crippen molar-refractivity contribution in [2.75, 3.05) is 19.8 Å². The second-order valence-corrected chi connectivity index (χ2v) is 7.90. The third-order valence-corrected chi connectivity index (χ3v) is 6.02. The summed E-state index contributed by atoms with van der Waals surface area (Å²) in [6.07, 6.45) is 9.24. The molecule has 1 atom stereocenters. The van der Waals surface area contributed by atoms with Gasteiger partial charge in [-0.25, -0.2) is 4.98 Å². The second kappa shape index (κ2) is 8.47. The van der Waals surface area contributed by atoms with E-state index in [1.807, 2.05) is 18.5 Å². The summed E-state index contributed by atoms with van der Waals surface area (Å²) < 4.78 is 13.8. The molecule has 2 fully saturated rings. The van der Waals surface area contributed by atoms with E-state index < -0.39 is 0 Å². The van der Waals surface area contributed by atoms with Gasteiger partial charge in [-0.05, 0) is 44.4 Å². The quantitative estimate of drug-likeness (QED) is 0.655. The topological polar surface area (TPSA) is 69.2 Å². The number of nitrogens with zero attached hydrogens (tertiary/aromatic N) is 5.